The van der Waals surface area contributed by atoms with Gasteiger partial charge in [0.2, 0.25) is 0 Å². The highest BCUT2D eigenvalue weighted by Gasteiger charge is 2.10. The van der Waals surface area contributed by atoms with Crippen molar-refractivity contribution < 1.29 is 9.47 Å². The molecule has 1 aromatic rings. The molecule has 1 saturated heterocycles. The van der Waals surface area contributed by atoms with Crippen LogP contribution in [0.2, 0.25) is 0 Å². The van der Waals surface area contributed by atoms with Crippen LogP contribution in [0, 0.1) is 6.07 Å². The number of ether oxygens (including phenoxy) is 2. The van der Waals surface area contributed by atoms with Crippen molar-refractivity contribution in [2.24, 2.45) is 0 Å². The number of benzene rings is 1. The predicted molar refractivity (Wildman–Crippen MR) is 67.6 cm³/mol. The minimum atomic E-state index is 0.747. The lowest BCUT2D eigenvalue weighted by atomic mass is 10.3. The number of likely N-dealkylation sites (tertiary alicyclic amines) is 1. The van der Waals surface area contributed by atoms with E-state index in [9.17, 15) is 0 Å². The molecule has 1 radical (unpaired) electrons. The summed E-state index contributed by atoms with van der Waals surface area (Å²) in [5.41, 5.74) is 0. The maximum Gasteiger partial charge on any atom is 0.161 e. The third-order valence-corrected chi connectivity index (χ3v) is 3.08. The Bertz CT molecular complexity index is 335. The third kappa shape index (κ3) is 3.63. The Morgan fingerprint density at radius 3 is 2.88 bits per heavy atom. The van der Waals surface area contributed by atoms with Gasteiger partial charge in [0.1, 0.15) is 0 Å². The van der Waals surface area contributed by atoms with Gasteiger partial charge in [-0.1, -0.05) is 6.07 Å². The number of rotatable bonds is 6. The fourth-order valence-corrected chi connectivity index (χ4v) is 2.16. The zero-order valence-electron chi connectivity index (χ0n) is 10.4. The fourth-order valence-electron chi connectivity index (χ4n) is 2.16. The van der Waals surface area contributed by atoms with Gasteiger partial charge in [-0.2, -0.15) is 0 Å². The van der Waals surface area contributed by atoms with Crippen molar-refractivity contribution in [3.05, 3.63) is 24.3 Å². The maximum absolute atomic E-state index is 5.72. The molecular weight excluding hydrogens is 214 g/mol. The van der Waals surface area contributed by atoms with Gasteiger partial charge in [0.25, 0.3) is 0 Å². The van der Waals surface area contributed by atoms with Crippen molar-refractivity contribution in [1.82, 2.24) is 4.90 Å². The summed E-state index contributed by atoms with van der Waals surface area (Å²) in [6.07, 6.45) is 3.77. The Hall–Kier alpha value is -1.22. The van der Waals surface area contributed by atoms with E-state index in [1.807, 2.05) is 12.1 Å². The van der Waals surface area contributed by atoms with Crippen LogP contribution in [0.3, 0.4) is 0 Å². The zero-order valence-corrected chi connectivity index (χ0v) is 10.4. The van der Waals surface area contributed by atoms with E-state index in [0.717, 1.165) is 31.1 Å². The average Bonchev–Trinajstić information content (AvgIpc) is 2.88. The minimum absolute atomic E-state index is 0.747. The van der Waals surface area contributed by atoms with Gasteiger partial charge < -0.3 is 14.4 Å². The number of hydrogen-bond acceptors (Lipinski definition) is 3. The van der Waals surface area contributed by atoms with Gasteiger partial charge in [0.15, 0.2) is 11.5 Å². The Labute approximate surface area is 103 Å². The van der Waals surface area contributed by atoms with Crippen LogP contribution >= 0.6 is 0 Å². The summed E-state index contributed by atoms with van der Waals surface area (Å²) < 4.78 is 10.9. The Morgan fingerprint density at radius 1 is 1.29 bits per heavy atom. The van der Waals surface area contributed by atoms with Crippen LogP contribution in [0.5, 0.6) is 11.5 Å². The SMILES string of the molecule is COc1c[c]ccc1OCCCN1CCCC1. The largest absolute Gasteiger partial charge is 0.493 e. The number of hydrogen-bond donors (Lipinski definition) is 0. The molecule has 1 aromatic carbocycles. The summed E-state index contributed by atoms with van der Waals surface area (Å²) in [6.45, 7) is 4.39. The van der Waals surface area contributed by atoms with E-state index in [0.29, 0.717) is 0 Å². The van der Waals surface area contributed by atoms with Gasteiger partial charge in [0.05, 0.1) is 13.7 Å². The van der Waals surface area contributed by atoms with Crippen LogP contribution < -0.4 is 9.47 Å². The maximum atomic E-state index is 5.72. The van der Waals surface area contributed by atoms with E-state index in [4.69, 9.17) is 9.47 Å². The summed E-state index contributed by atoms with van der Waals surface area (Å²) in [6, 6.07) is 8.52. The Balaban J connectivity index is 1.70. The molecule has 3 heteroatoms. The molecule has 0 aromatic heterocycles. The lowest BCUT2D eigenvalue weighted by Gasteiger charge is -2.15. The number of nitrogens with zero attached hydrogens (tertiary/aromatic N) is 1. The zero-order chi connectivity index (χ0) is 11.9. The van der Waals surface area contributed by atoms with Crippen LogP contribution in [0.25, 0.3) is 0 Å². The summed E-state index contributed by atoms with van der Waals surface area (Å²) in [4.78, 5) is 2.50. The standard InChI is InChI=1S/C14H20NO2/c1-16-13-7-2-3-8-14(13)17-12-6-11-15-9-4-5-10-15/h3,7-8H,4-6,9-12H2,1H3. The van der Waals surface area contributed by atoms with Crippen molar-refractivity contribution >= 4 is 0 Å². The minimum Gasteiger partial charge on any atom is -0.493 e. The molecule has 1 fully saturated rings. The normalized spacial score (nSPS) is 16.1. The van der Waals surface area contributed by atoms with Gasteiger partial charge in [-0.15, -0.1) is 0 Å². The number of methoxy groups -OCH3 is 1. The van der Waals surface area contributed by atoms with E-state index in [2.05, 4.69) is 11.0 Å². The Morgan fingerprint density at radius 2 is 2.12 bits per heavy atom. The van der Waals surface area contributed by atoms with E-state index in [1.54, 1.807) is 13.2 Å². The van der Waals surface area contributed by atoms with Gasteiger partial charge in [-0.3, -0.25) is 0 Å². The molecule has 0 atom stereocenters. The molecule has 1 aliphatic heterocycles. The quantitative estimate of drug-likeness (QED) is 0.705. The highest BCUT2D eigenvalue weighted by molar-refractivity contribution is 5.38. The molecule has 0 aliphatic carbocycles. The van der Waals surface area contributed by atoms with Crippen LogP contribution in [0.4, 0.5) is 0 Å². The van der Waals surface area contributed by atoms with Crippen molar-refractivity contribution in [2.75, 3.05) is 33.4 Å². The predicted octanol–water partition coefficient (Wildman–Crippen LogP) is 2.36. The van der Waals surface area contributed by atoms with Crippen LogP contribution in [-0.4, -0.2) is 38.3 Å². The van der Waals surface area contributed by atoms with E-state index in [1.165, 1.54) is 25.9 Å². The van der Waals surface area contributed by atoms with Crippen LogP contribution in [-0.2, 0) is 0 Å². The molecule has 0 spiro atoms. The van der Waals surface area contributed by atoms with Gasteiger partial charge >= 0.3 is 0 Å². The first-order valence-corrected chi connectivity index (χ1v) is 6.29. The molecule has 0 unspecified atom stereocenters. The van der Waals surface area contributed by atoms with E-state index >= 15 is 0 Å². The molecule has 0 bridgehead atoms. The summed E-state index contributed by atoms with van der Waals surface area (Å²) in [5.74, 6) is 1.57. The smallest absolute Gasteiger partial charge is 0.161 e. The molecule has 17 heavy (non-hydrogen) atoms. The lowest BCUT2D eigenvalue weighted by molar-refractivity contribution is 0.254. The van der Waals surface area contributed by atoms with Crippen LogP contribution in [0.1, 0.15) is 19.3 Å². The molecule has 2 rings (SSSR count). The molecular formula is C14H20NO2. The summed E-state index contributed by atoms with van der Waals surface area (Å²) >= 11 is 0. The van der Waals surface area contributed by atoms with E-state index < -0.39 is 0 Å². The van der Waals surface area contributed by atoms with E-state index in [-0.39, 0.29) is 0 Å². The second kappa shape index (κ2) is 6.50. The molecule has 0 amide bonds. The molecule has 1 heterocycles. The van der Waals surface area contributed by atoms with Crippen molar-refractivity contribution in [1.29, 1.82) is 0 Å². The first-order valence-electron chi connectivity index (χ1n) is 6.29. The van der Waals surface area contributed by atoms with Crippen LogP contribution in [0.15, 0.2) is 18.2 Å². The molecule has 0 saturated carbocycles. The highest BCUT2D eigenvalue weighted by atomic mass is 16.5. The lowest BCUT2D eigenvalue weighted by Crippen LogP contribution is -2.21. The summed E-state index contributed by atoms with van der Waals surface area (Å²) in [7, 11) is 1.65. The van der Waals surface area contributed by atoms with Crippen molar-refractivity contribution in [2.45, 2.75) is 19.3 Å². The topological polar surface area (TPSA) is 21.7 Å². The van der Waals surface area contributed by atoms with Crippen molar-refractivity contribution in [3.63, 3.8) is 0 Å². The van der Waals surface area contributed by atoms with Gasteiger partial charge in [0, 0.05) is 6.54 Å². The Kier molecular flexibility index (Phi) is 4.68. The monoisotopic (exact) mass is 234 g/mol. The molecule has 1 aliphatic rings. The second-order valence-electron chi connectivity index (χ2n) is 4.33. The molecule has 93 valence electrons. The van der Waals surface area contributed by atoms with Gasteiger partial charge in [-0.25, -0.2) is 0 Å². The fraction of sp³-hybridized carbons (Fsp3) is 0.571. The first-order chi connectivity index (χ1) is 8.40. The summed E-state index contributed by atoms with van der Waals surface area (Å²) in [5, 5.41) is 0. The highest BCUT2D eigenvalue weighted by Crippen LogP contribution is 2.25. The second-order valence-corrected chi connectivity index (χ2v) is 4.33. The average molecular weight is 234 g/mol. The molecule has 3 nitrogen and oxygen atoms in total. The van der Waals surface area contributed by atoms with Crippen molar-refractivity contribution in [3.8, 4) is 11.5 Å². The first kappa shape index (κ1) is 12.2. The molecule has 0 N–H and O–H groups in total. The van der Waals surface area contributed by atoms with Gasteiger partial charge in [-0.05, 0) is 50.6 Å². The third-order valence-electron chi connectivity index (χ3n) is 3.08.